The van der Waals surface area contributed by atoms with Gasteiger partial charge in [-0.15, -0.1) is 0 Å². The lowest BCUT2D eigenvalue weighted by atomic mass is 10.0. The summed E-state index contributed by atoms with van der Waals surface area (Å²) in [6.07, 6.45) is 21.6. The molecule has 17 nitrogen and oxygen atoms in total. The fourth-order valence-corrected chi connectivity index (χ4v) is 9.13. The number of anilines is 3. The van der Waals surface area contributed by atoms with Crippen LogP contribution < -0.4 is 31.5 Å². The molecule has 1 unspecified atom stereocenters. The first kappa shape index (κ1) is 46.0. The lowest BCUT2D eigenvalue weighted by Gasteiger charge is -2.34. The van der Waals surface area contributed by atoms with Gasteiger partial charge >= 0.3 is 0 Å². The van der Waals surface area contributed by atoms with Crippen molar-refractivity contribution in [3.05, 3.63) is 114 Å². The number of benzene rings is 2. The molecule has 2 saturated heterocycles. The number of piperidine rings is 1. The van der Waals surface area contributed by atoms with Crippen molar-refractivity contribution in [2.45, 2.75) is 99.3 Å². The number of nitrogens with one attached hydrogen (secondary N) is 3. The molecule has 1 atom stereocenters. The normalized spacial score (nSPS) is 18.1. The van der Waals surface area contributed by atoms with Crippen molar-refractivity contribution in [2.24, 2.45) is 5.73 Å². The predicted octanol–water partition coefficient (Wildman–Crippen LogP) is 5.17. The number of amides is 5. The zero-order chi connectivity index (χ0) is 46.0. The van der Waals surface area contributed by atoms with Crippen LogP contribution in [0, 0.1) is 0 Å². The molecule has 0 bridgehead atoms. The van der Waals surface area contributed by atoms with E-state index in [-0.39, 0.29) is 43.1 Å². The van der Waals surface area contributed by atoms with Crippen molar-refractivity contribution in [3.63, 3.8) is 0 Å². The second kappa shape index (κ2) is 21.2. The fraction of sp³-hybridized carbons (Fsp3) is 0.396. The Morgan fingerprint density at radius 2 is 1.64 bits per heavy atom. The molecule has 18 heteroatoms. The number of aromatic nitrogens is 4. The Labute approximate surface area is 388 Å². The zero-order valence-corrected chi connectivity index (χ0v) is 38.0. The first-order chi connectivity index (χ1) is 32.0. The van der Waals surface area contributed by atoms with Gasteiger partial charge < -0.3 is 31.1 Å². The number of imide groups is 1. The first-order valence-electron chi connectivity index (χ1n) is 22.7. The highest BCUT2D eigenvalue weighted by Crippen LogP contribution is 2.30. The molecule has 5 amide bonds. The summed E-state index contributed by atoms with van der Waals surface area (Å²) in [5, 5.41) is 9.04. The van der Waals surface area contributed by atoms with Gasteiger partial charge in [-0.1, -0.05) is 55.6 Å². The molecule has 4 aliphatic heterocycles. The summed E-state index contributed by atoms with van der Waals surface area (Å²) in [6.45, 7) is 6.97. The predicted molar refractivity (Wildman–Crippen MR) is 251 cm³/mol. The van der Waals surface area contributed by atoms with E-state index in [1.807, 2.05) is 66.7 Å². The van der Waals surface area contributed by atoms with E-state index >= 15 is 0 Å². The Morgan fingerprint density at radius 1 is 0.879 bits per heavy atom. The molecule has 0 aliphatic carbocycles. The van der Waals surface area contributed by atoms with Crippen molar-refractivity contribution in [3.8, 4) is 0 Å². The monoisotopic (exact) mass is 912 g/mol. The summed E-state index contributed by atoms with van der Waals surface area (Å²) in [6, 6.07) is 12.5. The van der Waals surface area contributed by atoms with Gasteiger partial charge in [0, 0.05) is 93.1 Å². The third-order valence-corrected chi connectivity index (χ3v) is 13.0. The van der Waals surface area contributed by atoms with Crippen molar-refractivity contribution >= 4 is 58.8 Å². The van der Waals surface area contributed by atoms with Gasteiger partial charge in [0.25, 0.3) is 11.8 Å². The molecule has 4 aliphatic rings. The van der Waals surface area contributed by atoms with E-state index in [0.717, 1.165) is 98.0 Å². The minimum atomic E-state index is -0.673. The molecule has 8 rings (SSSR count). The van der Waals surface area contributed by atoms with Crippen LogP contribution in [0.5, 0.6) is 0 Å². The van der Waals surface area contributed by atoms with E-state index in [0.29, 0.717) is 35.7 Å². The molecular formula is C48H56N12O5S. The number of piperazine rings is 1. The summed E-state index contributed by atoms with van der Waals surface area (Å²) in [7, 11) is 0. The number of hydrogen-bond donors (Lipinski definition) is 4. The standard InChI is InChI=1S/C48H56N12O5S/c1-48(49)16-19-58(20-17-48)40-30-51-43(31-50-40)66-37-10-8-9-36(26-37)55-41(61)11-6-4-2-3-5-7-18-57-21-23-59(24-22-57)47-53-28-35(29-54-47)44(63)52-27-33-12-13-38-34(25-33)32-60(46(38)65)39-14-15-42(62)56-45(39)64/h8-10,12-13,16-17,19-20,25-26,28-31,39H,2-7,11,14-15,18,21-24,27,32,49H2,1H3,(H,52,63)(H,55,61)(H,56,62,64). The smallest absolute Gasteiger partial charge is 0.255 e. The summed E-state index contributed by atoms with van der Waals surface area (Å²) < 4.78 is 0. The molecular weight excluding hydrogens is 857 g/mol. The van der Waals surface area contributed by atoms with E-state index in [1.165, 1.54) is 16.7 Å². The van der Waals surface area contributed by atoms with Crippen LogP contribution in [0.2, 0.25) is 0 Å². The maximum atomic E-state index is 13.0. The van der Waals surface area contributed by atoms with E-state index in [1.54, 1.807) is 36.9 Å². The number of carbonyl (C=O) groups is 5. The van der Waals surface area contributed by atoms with Gasteiger partial charge in [-0.2, -0.15) is 0 Å². The molecule has 0 radical (unpaired) electrons. The van der Waals surface area contributed by atoms with Crippen LogP contribution in [0.4, 0.5) is 17.5 Å². The molecule has 66 heavy (non-hydrogen) atoms. The minimum Gasteiger partial charge on any atom is -0.348 e. The highest BCUT2D eigenvalue weighted by molar-refractivity contribution is 7.99. The van der Waals surface area contributed by atoms with Crippen LogP contribution in [0.1, 0.15) is 96.6 Å². The third kappa shape index (κ3) is 12.0. The maximum Gasteiger partial charge on any atom is 0.255 e. The lowest BCUT2D eigenvalue weighted by molar-refractivity contribution is -0.137. The molecule has 4 aromatic rings. The Balaban J connectivity index is 0.663. The second-order valence-corrected chi connectivity index (χ2v) is 18.4. The minimum absolute atomic E-state index is 0.0240. The van der Waals surface area contributed by atoms with Gasteiger partial charge in [0.15, 0.2) is 5.82 Å². The molecule has 0 spiro atoms. The largest absolute Gasteiger partial charge is 0.348 e. The summed E-state index contributed by atoms with van der Waals surface area (Å²) in [4.78, 5) is 89.7. The van der Waals surface area contributed by atoms with Crippen LogP contribution in [-0.4, -0.2) is 104 Å². The van der Waals surface area contributed by atoms with Crippen molar-refractivity contribution in [2.75, 3.05) is 47.8 Å². The Bertz CT molecular complexity index is 2460. The Morgan fingerprint density at radius 3 is 2.38 bits per heavy atom. The molecule has 6 heterocycles. The van der Waals surface area contributed by atoms with Gasteiger partial charge in [0.1, 0.15) is 11.1 Å². The van der Waals surface area contributed by atoms with E-state index in [2.05, 4.69) is 45.7 Å². The average Bonchev–Trinajstić information content (AvgIpc) is 3.64. The highest BCUT2D eigenvalue weighted by Gasteiger charge is 2.39. The number of fused-ring (bicyclic) bond motifs is 1. The van der Waals surface area contributed by atoms with Gasteiger partial charge in [-0.25, -0.2) is 19.9 Å². The fourth-order valence-electron chi connectivity index (χ4n) is 8.34. The maximum absolute atomic E-state index is 13.0. The number of nitrogens with zero attached hydrogens (tertiary/aromatic N) is 8. The zero-order valence-electron chi connectivity index (χ0n) is 37.2. The Hall–Kier alpha value is -6.50. The van der Waals surface area contributed by atoms with Gasteiger partial charge in [0.05, 0.1) is 23.5 Å². The topological polar surface area (TPSA) is 212 Å². The van der Waals surface area contributed by atoms with E-state index < -0.39 is 17.5 Å². The number of hydrogen-bond acceptors (Lipinski definition) is 14. The van der Waals surface area contributed by atoms with Crippen molar-refractivity contribution < 1.29 is 24.0 Å². The van der Waals surface area contributed by atoms with Gasteiger partial charge in [-0.05, 0) is 80.3 Å². The number of rotatable bonds is 18. The Kier molecular flexibility index (Phi) is 14.8. The SMILES string of the molecule is CC1(N)C=CN(c2cnc(Sc3cccc(NC(=O)CCCCCCCCN4CCN(c5ncc(C(=O)NCc6ccc7c(c6)CN(C6CCC(=O)NC6=O)C7=O)cn5)CC4)c3)cn2)C=C1. The molecule has 5 N–H and O–H groups in total. The van der Waals surface area contributed by atoms with Crippen LogP contribution in [0.25, 0.3) is 0 Å². The quantitative estimate of drug-likeness (QED) is 0.0751. The summed E-state index contributed by atoms with van der Waals surface area (Å²) in [5.74, 6) is 0.0360. The molecule has 2 aromatic heterocycles. The molecule has 2 fully saturated rings. The highest BCUT2D eigenvalue weighted by atomic mass is 32.2. The first-order valence-corrected chi connectivity index (χ1v) is 23.5. The lowest BCUT2D eigenvalue weighted by Crippen LogP contribution is -2.52. The number of carbonyl (C=O) groups excluding carboxylic acids is 5. The van der Waals surface area contributed by atoms with Crippen LogP contribution in [0.3, 0.4) is 0 Å². The van der Waals surface area contributed by atoms with Gasteiger partial charge in [0.2, 0.25) is 23.7 Å². The molecule has 344 valence electrons. The van der Waals surface area contributed by atoms with E-state index in [4.69, 9.17) is 5.73 Å². The van der Waals surface area contributed by atoms with Crippen LogP contribution in [0.15, 0.2) is 102 Å². The number of unbranched alkanes of at least 4 members (excludes halogenated alkanes) is 5. The van der Waals surface area contributed by atoms with Crippen LogP contribution >= 0.6 is 11.8 Å². The number of nitrogens with two attached hydrogens (primary N) is 1. The summed E-state index contributed by atoms with van der Waals surface area (Å²) in [5.41, 5.74) is 8.90. The van der Waals surface area contributed by atoms with E-state index in [9.17, 15) is 24.0 Å². The van der Waals surface area contributed by atoms with Crippen molar-refractivity contribution in [1.29, 1.82) is 0 Å². The average molecular weight is 913 g/mol. The third-order valence-electron chi connectivity index (χ3n) is 12.1. The summed E-state index contributed by atoms with van der Waals surface area (Å²) >= 11 is 1.49. The van der Waals surface area contributed by atoms with Crippen molar-refractivity contribution in [1.82, 2.24) is 40.4 Å². The molecule has 0 saturated carbocycles. The van der Waals surface area contributed by atoms with Gasteiger partial charge in [-0.3, -0.25) is 34.2 Å². The molecule has 2 aromatic carbocycles. The second-order valence-electron chi connectivity index (χ2n) is 17.3. The van der Waals surface area contributed by atoms with Crippen LogP contribution in [-0.2, 0) is 27.5 Å².